The van der Waals surface area contributed by atoms with Gasteiger partial charge in [0.1, 0.15) is 17.1 Å². The molecule has 2 aromatic rings. The molecule has 114 valence electrons. The van der Waals surface area contributed by atoms with Crippen LogP contribution in [0, 0.1) is 10.1 Å². The van der Waals surface area contributed by atoms with Gasteiger partial charge in [0.25, 0.3) is 5.69 Å². The molecule has 3 rings (SSSR count). The van der Waals surface area contributed by atoms with Crippen LogP contribution >= 0.6 is 0 Å². The van der Waals surface area contributed by atoms with Crippen LogP contribution in [-0.4, -0.2) is 22.1 Å². The summed E-state index contributed by atoms with van der Waals surface area (Å²) in [4.78, 5) is 16.9. The minimum absolute atomic E-state index is 0.105. The molecule has 1 aromatic carbocycles. The lowest BCUT2D eigenvalue weighted by atomic mass is 10.0. The molecule has 0 saturated carbocycles. The molecule has 0 aliphatic carbocycles. The van der Waals surface area contributed by atoms with Gasteiger partial charge < -0.3 is 15.4 Å². The minimum Gasteiger partial charge on any atom is -0.484 e. The highest BCUT2D eigenvalue weighted by Gasteiger charge is 2.35. The van der Waals surface area contributed by atoms with E-state index in [-0.39, 0.29) is 11.4 Å². The van der Waals surface area contributed by atoms with Crippen LogP contribution in [0.2, 0.25) is 0 Å². The largest absolute Gasteiger partial charge is 0.484 e. The zero-order valence-corrected chi connectivity index (χ0v) is 12.3. The van der Waals surface area contributed by atoms with Gasteiger partial charge in [0.15, 0.2) is 5.75 Å². The summed E-state index contributed by atoms with van der Waals surface area (Å²) in [5.74, 6) is 1.18. The number of hydrogen-bond donors (Lipinski definition) is 1. The Balaban J connectivity index is 2.16. The minimum atomic E-state index is -0.508. The number of nitro benzene ring substituents is 1. The molecule has 0 bridgehead atoms. The Bertz CT molecular complexity index is 731. The maximum atomic E-state index is 11.1. The van der Waals surface area contributed by atoms with Crippen molar-refractivity contribution < 1.29 is 9.66 Å². The van der Waals surface area contributed by atoms with Crippen molar-refractivity contribution in [3.05, 3.63) is 46.6 Å². The number of fused-ring (bicyclic) bond motifs is 1. The molecule has 0 saturated heterocycles. The summed E-state index contributed by atoms with van der Waals surface area (Å²) < 4.78 is 5.89. The molecular formula is C15H16N4O3. The van der Waals surface area contributed by atoms with Crippen molar-refractivity contribution in [1.29, 1.82) is 0 Å². The number of anilines is 3. The van der Waals surface area contributed by atoms with Gasteiger partial charge in [-0.2, -0.15) is 0 Å². The van der Waals surface area contributed by atoms with Gasteiger partial charge in [0.2, 0.25) is 0 Å². The van der Waals surface area contributed by atoms with Gasteiger partial charge in [0.05, 0.1) is 23.2 Å². The Kier molecular flexibility index (Phi) is 3.13. The van der Waals surface area contributed by atoms with Crippen LogP contribution in [0.15, 0.2) is 36.5 Å². The number of ether oxygens (including phenoxy) is 1. The maximum Gasteiger partial charge on any atom is 0.295 e. The lowest BCUT2D eigenvalue weighted by Gasteiger charge is -2.40. The van der Waals surface area contributed by atoms with E-state index >= 15 is 0 Å². The Morgan fingerprint density at radius 1 is 1.41 bits per heavy atom. The molecule has 0 radical (unpaired) electrons. The average molecular weight is 300 g/mol. The van der Waals surface area contributed by atoms with Crippen LogP contribution in [0.3, 0.4) is 0 Å². The fourth-order valence-corrected chi connectivity index (χ4v) is 2.54. The summed E-state index contributed by atoms with van der Waals surface area (Å²) >= 11 is 0. The molecule has 22 heavy (non-hydrogen) atoms. The molecule has 7 nitrogen and oxygen atoms in total. The van der Waals surface area contributed by atoms with Crippen LogP contribution < -0.4 is 15.4 Å². The molecule has 7 heteroatoms. The van der Waals surface area contributed by atoms with Gasteiger partial charge >= 0.3 is 0 Å². The molecule has 0 spiro atoms. The molecule has 0 amide bonds. The zero-order valence-electron chi connectivity index (χ0n) is 12.3. The molecule has 2 N–H and O–H groups in total. The van der Waals surface area contributed by atoms with Crippen LogP contribution in [-0.2, 0) is 0 Å². The Labute approximate surface area is 127 Å². The van der Waals surface area contributed by atoms with E-state index in [1.807, 2.05) is 36.9 Å². The van der Waals surface area contributed by atoms with Crippen molar-refractivity contribution >= 4 is 22.9 Å². The highest BCUT2D eigenvalue weighted by Crippen LogP contribution is 2.44. The van der Waals surface area contributed by atoms with Gasteiger partial charge in [-0.1, -0.05) is 6.07 Å². The average Bonchev–Trinajstić information content (AvgIpc) is 2.46. The SMILES string of the molecule is CC1(C)CN(c2ccccn2)c2cc(N)c([N+](=O)[O-])cc2O1. The van der Waals surface area contributed by atoms with E-state index in [9.17, 15) is 10.1 Å². The van der Waals surface area contributed by atoms with Crippen molar-refractivity contribution in [1.82, 2.24) is 4.98 Å². The van der Waals surface area contributed by atoms with Gasteiger partial charge in [-0.15, -0.1) is 0 Å². The molecule has 0 unspecified atom stereocenters. The molecule has 1 aliphatic heterocycles. The third-order valence-corrected chi connectivity index (χ3v) is 3.45. The fourth-order valence-electron chi connectivity index (χ4n) is 2.54. The predicted molar refractivity (Wildman–Crippen MR) is 83.5 cm³/mol. The number of benzene rings is 1. The third kappa shape index (κ3) is 2.41. The molecule has 2 heterocycles. The number of nitrogens with zero attached hydrogens (tertiary/aromatic N) is 3. The first-order valence-corrected chi connectivity index (χ1v) is 6.83. The molecule has 1 aliphatic rings. The third-order valence-electron chi connectivity index (χ3n) is 3.45. The first kappa shape index (κ1) is 14.1. The van der Waals surface area contributed by atoms with Crippen molar-refractivity contribution in [2.75, 3.05) is 17.2 Å². The summed E-state index contributed by atoms with van der Waals surface area (Å²) in [5, 5.41) is 11.1. The van der Waals surface area contributed by atoms with Gasteiger partial charge in [0, 0.05) is 6.20 Å². The highest BCUT2D eigenvalue weighted by molar-refractivity contribution is 5.77. The number of hydrogen-bond acceptors (Lipinski definition) is 6. The quantitative estimate of drug-likeness (QED) is 0.520. The topological polar surface area (TPSA) is 94.5 Å². The van der Waals surface area contributed by atoms with Crippen LogP contribution in [0.25, 0.3) is 0 Å². The van der Waals surface area contributed by atoms with E-state index in [2.05, 4.69) is 4.98 Å². The van der Waals surface area contributed by atoms with E-state index in [0.717, 1.165) is 5.82 Å². The zero-order chi connectivity index (χ0) is 15.9. The van der Waals surface area contributed by atoms with E-state index in [4.69, 9.17) is 10.5 Å². The Morgan fingerprint density at radius 2 is 2.18 bits per heavy atom. The second-order valence-corrected chi connectivity index (χ2v) is 5.77. The van der Waals surface area contributed by atoms with E-state index in [1.165, 1.54) is 6.07 Å². The van der Waals surface area contributed by atoms with Crippen molar-refractivity contribution in [2.45, 2.75) is 19.4 Å². The standard InChI is InChI=1S/C15H16N4O3/c1-15(2)9-18(14-5-3-4-6-17-14)12-7-10(16)11(19(20)21)8-13(12)22-15/h3-8H,9,16H2,1-2H3. The number of rotatable bonds is 2. The Morgan fingerprint density at radius 3 is 2.82 bits per heavy atom. The normalized spacial score (nSPS) is 15.8. The first-order chi connectivity index (χ1) is 10.4. The first-order valence-electron chi connectivity index (χ1n) is 6.83. The second kappa shape index (κ2) is 4.87. The Hall–Kier alpha value is -2.83. The van der Waals surface area contributed by atoms with Crippen LogP contribution in [0.5, 0.6) is 5.75 Å². The van der Waals surface area contributed by atoms with Crippen LogP contribution in [0.1, 0.15) is 13.8 Å². The molecule has 0 atom stereocenters. The van der Waals surface area contributed by atoms with Gasteiger partial charge in [-0.3, -0.25) is 10.1 Å². The van der Waals surface area contributed by atoms with Crippen molar-refractivity contribution in [3.8, 4) is 5.75 Å². The molecular weight excluding hydrogens is 284 g/mol. The van der Waals surface area contributed by atoms with E-state index < -0.39 is 10.5 Å². The van der Waals surface area contributed by atoms with Crippen molar-refractivity contribution in [2.24, 2.45) is 0 Å². The molecule has 1 aromatic heterocycles. The van der Waals surface area contributed by atoms with E-state index in [1.54, 1.807) is 12.3 Å². The van der Waals surface area contributed by atoms with Crippen LogP contribution in [0.4, 0.5) is 22.9 Å². The predicted octanol–water partition coefficient (Wildman–Crippen LogP) is 2.88. The lowest BCUT2D eigenvalue weighted by Crippen LogP contribution is -2.45. The maximum absolute atomic E-state index is 11.1. The second-order valence-electron chi connectivity index (χ2n) is 5.77. The number of nitrogen functional groups attached to an aromatic ring is 1. The van der Waals surface area contributed by atoms with Gasteiger partial charge in [-0.25, -0.2) is 4.98 Å². The molecule has 0 fully saturated rings. The monoisotopic (exact) mass is 300 g/mol. The van der Waals surface area contributed by atoms with Gasteiger partial charge in [-0.05, 0) is 32.0 Å². The van der Waals surface area contributed by atoms with Crippen molar-refractivity contribution in [3.63, 3.8) is 0 Å². The summed E-state index contributed by atoms with van der Waals surface area (Å²) in [6, 6.07) is 8.54. The fraction of sp³-hybridized carbons (Fsp3) is 0.267. The number of pyridine rings is 1. The summed E-state index contributed by atoms with van der Waals surface area (Å²) in [6.07, 6.45) is 1.70. The summed E-state index contributed by atoms with van der Waals surface area (Å²) in [6.45, 7) is 4.41. The summed E-state index contributed by atoms with van der Waals surface area (Å²) in [7, 11) is 0. The van der Waals surface area contributed by atoms with E-state index in [0.29, 0.717) is 18.0 Å². The number of aromatic nitrogens is 1. The lowest BCUT2D eigenvalue weighted by molar-refractivity contribution is -0.384. The number of nitro groups is 1. The highest BCUT2D eigenvalue weighted by atomic mass is 16.6. The summed E-state index contributed by atoms with van der Waals surface area (Å²) in [5.41, 5.74) is 5.93. The number of nitrogens with two attached hydrogens (primary N) is 1. The smallest absolute Gasteiger partial charge is 0.295 e.